The first-order chi connectivity index (χ1) is 8.40. The minimum Gasteiger partial charge on any atom is -0.330 e. The molecule has 19 heavy (non-hydrogen) atoms. The molecule has 1 aliphatic rings. The van der Waals surface area contributed by atoms with Crippen LogP contribution in [0.5, 0.6) is 0 Å². The first-order valence-electron chi connectivity index (χ1n) is 5.95. The molecule has 0 aromatic carbocycles. The second-order valence-electron chi connectivity index (χ2n) is 4.89. The Morgan fingerprint density at radius 3 is 2.68 bits per heavy atom. The summed E-state index contributed by atoms with van der Waals surface area (Å²) < 4.78 is 37.2. The zero-order chi connectivity index (χ0) is 13.3. The van der Waals surface area contributed by atoms with Crippen molar-refractivity contribution < 1.29 is 13.2 Å². The number of likely N-dealkylation sites (tertiary alicyclic amines) is 1. The highest BCUT2D eigenvalue weighted by molar-refractivity contribution is 5.85. The van der Waals surface area contributed by atoms with E-state index in [0.29, 0.717) is 30.7 Å². The average molecular weight is 299 g/mol. The molecule has 0 bridgehead atoms. The van der Waals surface area contributed by atoms with Crippen molar-refractivity contribution in [3.8, 4) is 0 Å². The molecule has 0 aliphatic carbocycles. The molecular weight excluding hydrogens is 281 g/mol. The SMILES string of the molecule is CC1CC(CN)CN1Cc1cc(C(F)(F)F)n[nH]1.Cl. The summed E-state index contributed by atoms with van der Waals surface area (Å²) in [6, 6.07) is 1.42. The number of hydrogen-bond donors (Lipinski definition) is 2. The molecule has 110 valence electrons. The molecule has 1 fully saturated rings. The van der Waals surface area contributed by atoms with Gasteiger partial charge in [-0.2, -0.15) is 18.3 Å². The fourth-order valence-corrected chi connectivity index (χ4v) is 2.42. The van der Waals surface area contributed by atoms with Crippen LogP contribution < -0.4 is 5.73 Å². The van der Waals surface area contributed by atoms with Crippen molar-refractivity contribution in [3.63, 3.8) is 0 Å². The summed E-state index contributed by atoms with van der Waals surface area (Å²) >= 11 is 0. The van der Waals surface area contributed by atoms with Crippen molar-refractivity contribution in [1.82, 2.24) is 15.1 Å². The van der Waals surface area contributed by atoms with Crippen molar-refractivity contribution in [2.45, 2.75) is 32.1 Å². The summed E-state index contributed by atoms with van der Waals surface area (Å²) in [5, 5.41) is 5.74. The molecule has 2 atom stereocenters. The summed E-state index contributed by atoms with van der Waals surface area (Å²) in [6.45, 7) is 3.98. The number of H-pyrrole nitrogens is 1. The maximum atomic E-state index is 12.4. The van der Waals surface area contributed by atoms with E-state index < -0.39 is 11.9 Å². The lowest BCUT2D eigenvalue weighted by Gasteiger charge is -2.19. The Balaban J connectivity index is 0.00000180. The number of nitrogens with two attached hydrogens (primary N) is 1. The van der Waals surface area contributed by atoms with Gasteiger partial charge in [0.2, 0.25) is 0 Å². The minimum atomic E-state index is -4.38. The van der Waals surface area contributed by atoms with Gasteiger partial charge in [-0.15, -0.1) is 12.4 Å². The van der Waals surface area contributed by atoms with Crippen LogP contribution in [0.25, 0.3) is 0 Å². The molecule has 0 spiro atoms. The number of halogens is 4. The third kappa shape index (κ3) is 3.84. The number of rotatable bonds is 3. The zero-order valence-electron chi connectivity index (χ0n) is 10.6. The monoisotopic (exact) mass is 298 g/mol. The van der Waals surface area contributed by atoms with E-state index in [2.05, 4.69) is 22.0 Å². The number of nitrogens with zero attached hydrogens (tertiary/aromatic N) is 2. The molecule has 2 unspecified atom stereocenters. The van der Waals surface area contributed by atoms with E-state index in [4.69, 9.17) is 5.73 Å². The molecule has 1 aromatic rings. The summed E-state index contributed by atoms with van der Waals surface area (Å²) in [5.74, 6) is 0.435. The van der Waals surface area contributed by atoms with E-state index in [-0.39, 0.29) is 12.4 Å². The van der Waals surface area contributed by atoms with E-state index in [1.165, 1.54) is 0 Å². The van der Waals surface area contributed by atoms with Gasteiger partial charge in [0.1, 0.15) is 0 Å². The molecule has 3 N–H and O–H groups in total. The van der Waals surface area contributed by atoms with Crippen LogP contribution in [0.15, 0.2) is 6.07 Å². The van der Waals surface area contributed by atoms with Crippen LogP contribution in [-0.2, 0) is 12.7 Å². The topological polar surface area (TPSA) is 57.9 Å². The predicted molar refractivity (Wildman–Crippen MR) is 67.9 cm³/mol. The molecule has 0 saturated carbocycles. The molecule has 0 radical (unpaired) electrons. The number of alkyl halides is 3. The van der Waals surface area contributed by atoms with E-state index in [1.54, 1.807) is 0 Å². The number of aromatic nitrogens is 2. The molecular formula is C11H18ClF3N4. The maximum absolute atomic E-state index is 12.4. The summed E-state index contributed by atoms with van der Waals surface area (Å²) in [4.78, 5) is 2.13. The Morgan fingerprint density at radius 2 is 2.21 bits per heavy atom. The van der Waals surface area contributed by atoms with Crippen LogP contribution in [0, 0.1) is 5.92 Å². The van der Waals surface area contributed by atoms with Crippen molar-refractivity contribution >= 4 is 12.4 Å². The van der Waals surface area contributed by atoms with Crippen LogP contribution in [0.1, 0.15) is 24.7 Å². The standard InChI is InChI=1S/C11H17F3N4.ClH/c1-7-2-8(4-15)5-18(7)6-9-3-10(17-16-9)11(12,13)14;/h3,7-8H,2,4-6,15H2,1H3,(H,16,17);1H. The van der Waals surface area contributed by atoms with Gasteiger partial charge in [0.25, 0.3) is 0 Å². The van der Waals surface area contributed by atoms with E-state index in [1.807, 2.05) is 0 Å². The van der Waals surface area contributed by atoms with Crippen LogP contribution in [-0.4, -0.2) is 34.2 Å². The molecule has 1 aliphatic heterocycles. The molecule has 1 aromatic heterocycles. The van der Waals surface area contributed by atoms with Crippen molar-refractivity contribution in [1.29, 1.82) is 0 Å². The van der Waals surface area contributed by atoms with Gasteiger partial charge in [-0.05, 0) is 31.9 Å². The number of aromatic amines is 1. The lowest BCUT2D eigenvalue weighted by Crippen LogP contribution is -2.27. The van der Waals surface area contributed by atoms with Crippen LogP contribution in [0.2, 0.25) is 0 Å². The van der Waals surface area contributed by atoms with Gasteiger partial charge >= 0.3 is 6.18 Å². The van der Waals surface area contributed by atoms with Gasteiger partial charge in [0.15, 0.2) is 5.69 Å². The van der Waals surface area contributed by atoms with Gasteiger partial charge in [-0.3, -0.25) is 10.00 Å². The normalized spacial score (nSPS) is 24.5. The first kappa shape index (κ1) is 16.3. The molecule has 4 nitrogen and oxygen atoms in total. The third-order valence-corrected chi connectivity index (χ3v) is 3.42. The van der Waals surface area contributed by atoms with E-state index in [9.17, 15) is 13.2 Å². The van der Waals surface area contributed by atoms with Gasteiger partial charge in [0, 0.05) is 24.8 Å². The molecule has 2 rings (SSSR count). The Hall–Kier alpha value is -0.790. The van der Waals surface area contributed by atoms with Gasteiger partial charge < -0.3 is 5.73 Å². The quantitative estimate of drug-likeness (QED) is 0.897. The highest BCUT2D eigenvalue weighted by Crippen LogP contribution is 2.29. The minimum absolute atomic E-state index is 0. The summed E-state index contributed by atoms with van der Waals surface area (Å²) in [6.07, 6.45) is -3.39. The van der Waals surface area contributed by atoms with Crippen molar-refractivity contribution in [3.05, 3.63) is 17.5 Å². The summed E-state index contributed by atoms with van der Waals surface area (Å²) in [5.41, 5.74) is 5.25. The zero-order valence-corrected chi connectivity index (χ0v) is 11.4. The van der Waals surface area contributed by atoms with Gasteiger partial charge in [-0.25, -0.2) is 0 Å². The van der Waals surface area contributed by atoms with Crippen LogP contribution in [0.3, 0.4) is 0 Å². The lowest BCUT2D eigenvalue weighted by molar-refractivity contribution is -0.141. The number of hydrogen-bond acceptors (Lipinski definition) is 3. The second kappa shape index (κ2) is 6.11. The van der Waals surface area contributed by atoms with Gasteiger partial charge in [-0.1, -0.05) is 0 Å². The van der Waals surface area contributed by atoms with Crippen LogP contribution in [0.4, 0.5) is 13.2 Å². The molecule has 0 amide bonds. The smallest absolute Gasteiger partial charge is 0.330 e. The fraction of sp³-hybridized carbons (Fsp3) is 0.727. The number of nitrogens with one attached hydrogen (secondary N) is 1. The molecule has 8 heteroatoms. The highest BCUT2D eigenvalue weighted by atomic mass is 35.5. The second-order valence-corrected chi connectivity index (χ2v) is 4.89. The third-order valence-electron chi connectivity index (χ3n) is 3.42. The van der Waals surface area contributed by atoms with Crippen molar-refractivity contribution in [2.75, 3.05) is 13.1 Å². The Bertz CT molecular complexity index is 407. The lowest BCUT2D eigenvalue weighted by atomic mass is 10.1. The molecule has 2 heterocycles. The summed E-state index contributed by atoms with van der Waals surface area (Å²) in [7, 11) is 0. The Morgan fingerprint density at radius 1 is 1.53 bits per heavy atom. The van der Waals surface area contributed by atoms with Gasteiger partial charge in [0.05, 0.1) is 0 Å². The largest absolute Gasteiger partial charge is 0.435 e. The highest BCUT2D eigenvalue weighted by Gasteiger charge is 2.34. The Labute approximate surface area is 115 Å². The van der Waals surface area contributed by atoms with E-state index >= 15 is 0 Å². The molecule has 1 saturated heterocycles. The Kier molecular flexibility index (Phi) is 5.23. The van der Waals surface area contributed by atoms with Crippen LogP contribution >= 0.6 is 12.4 Å². The predicted octanol–water partition coefficient (Wildman–Crippen LogP) is 2.02. The maximum Gasteiger partial charge on any atom is 0.435 e. The fourth-order valence-electron chi connectivity index (χ4n) is 2.42. The van der Waals surface area contributed by atoms with E-state index in [0.717, 1.165) is 19.0 Å². The van der Waals surface area contributed by atoms with Crippen molar-refractivity contribution in [2.24, 2.45) is 11.7 Å². The average Bonchev–Trinajstić information content (AvgIpc) is 2.86. The first-order valence-corrected chi connectivity index (χ1v) is 5.95.